The molecule has 0 atom stereocenters. The minimum atomic E-state index is -0.505. The molecule has 0 heterocycles. The summed E-state index contributed by atoms with van der Waals surface area (Å²) in [6.07, 6.45) is 0. The molecule has 1 aromatic rings. The molecule has 0 bridgehead atoms. The number of benzene rings is 1. The number of carbonyl (C=O) groups is 1. The van der Waals surface area contributed by atoms with Crippen LogP contribution >= 0.6 is 0 Å². The number of ether oxygens (including phenoxy) is 1. The van der Waals surface area contributed by atoms with Crippen LogP contribution in [0.3, 0.4) is 0 Å². The maximum absolute atomic E-state index is 11.1. The van der Waals surface area contributed by atoms with E-state index in [2.05, 4.69) is 4.74 Å². The molecule has 0 fully saturated rings. The summed E-state index contributed by atoms with van der Waals surface area (Å²) in [6.45, 7) is 1.56. The van der Waals surface area contributed by atoms with E-state index in [9.17, 15) is 9.90 Å². The van der Waals surface area contributed by atoms with Crippen LogP contribution in [-0.4, -0.2) is 23.9 Å². The largest absolute Gasteiger partial charge is 0.507 e. The normalized spacial score (nSPS) is 9.57. The molecule has 0 aliphatic heterocycles. The Hall–Kier alpha value is -1.84. The Bertz CT molecular complexity index is 385. The standard InChI is InChI=1S/C10H11NO3/c1-6(11)8-4-3-7(5-9(8)12)10(13)14-2/h3-5,11-12H,1-2H3. The van der Waals surface area contributed by atoms with Gasteiger partial charge in [0.25, 0.3) is 0 Å². The Morgan fingerprint density at radius 2 is 2.14 bits per heavy atom. The molecule has 14 heavy (non-hydrogen) atoms. The van der Waals surface area contributed by atoms with Crippen molar-refractivity contribution in [2.24, 2.45) is 0 Å². The van der Waals surface area contributed by atoms with Crippen molar-refractivity contribution in [1.29, 1.82) is 5.41 Å². The topological polar surface area (TPSA) is 70.4 Å². The molecule has 0 aliphatic carbocycles. The highest BCUT2D eigenvalue weighted by atomic mass is 16.5. The van der Waals surface area contributed by atoms with Gasteiger partial charge in [0, 0.05) is 11.3 Å². The summed E-state index contributed by atoms with van der Waals surface area (Å²) in [6, 6.07) is 4.32. The monoisotopic (exact) mass is 193 g/mol. The lowest BCUT2D eigenvalue weighted by atomic mass is 10.1. The molecular weight excluding hydrogens is 182 g/mol. The van der Waals surface area contributed by atoms with Crippen LogP contribution in [0.15, 0.2) is 18.2 Å². The van der Waals surface area contributed by atoms with E-state index >= 15 is 0 Å². The van der Waals surface area contributed by atoms with Crippen molar-refractivity contribution in [3.63, 3.8) is 0 Å². The molecule has 0 spiro atoms. The van der Waals surface area contributed by atoms with E-state index in [-0.39, 0.29) is 17.0 Å². The van der Waals surface area contributed by atoms with Gasteiger partial charge in [0.15, 0.2) is 0 Å². The number of hydrogen-bond donors (Lipinski definition) is 2. The highest BCUT2D eigenvalue weighted by molar-refractivity contribution is 6.00. The van der Waals surface area contributed by atoms with E-state index in [1.54, 1.807) is 6.92 Å². The fourth-order valence-corrected chi connectivity index (χ4v) is 1.09. The number of phenols is 1. The average Bonchev–Trinajstić information content (AvgIpc) is 2.15. The SMILES string of the molecule is COC(=O)c1ccc(C(C)=N)c(O)c1. The van der Waals surface area contributed by atoms with E-state index in [1.807, 2.05) is 0 Å². The Balaban J connectivity index is 3.12. The molecule has 4 nitrogen and oxygen atoms in total. The predicted molar refractivity (Wildman–Crippen MR) is 51.9 cm³/mol. The summed E-state index contributed by atoms with van der Waals surface area (Å²) >= 11 is 0. The minimum Gasteiger partial charge on any atom is -0.507 e. The first kappa shape index (κ1) is 10.2. The van der Waals surface area contributed by atoms with E-state index in [0.29, 0.717) is 5.56 Å². The molecule has 0 saturated heterocycles. The number of aromatic hydroxyl groups is 1. The molecule has 0 unspecified atom stereocenters. The second kappa shape index (κ2) is 3.91. The molecule has 0 saturated carbocycles. The van der Waals surface area contributed by atoms with Crippen molar-refractivity contribution < 1.29 is 14.6 Å². The van der Waals surface area contributed by atoms with E-state index in [4.69, 9.17) is 5.41 Å². The zero-order valence-corrected chi connectivity index (χ0v) is 8.00. The summed E-state index contributed by atoms with van der Waals surface area (Å²) in [5.74, 6) is -0.588. The number of rotatable bonds is 2. The molecule has 2 N–H and O–H groups in total. The van der Waals surface area contributed by atoms with Crippen LogP contribution in [0.25, 0.3) is 0 Å². The van der Waals surface area contributed by atoms with Crippen molar-refractivity contribution >= 4 is 11.7 Å². The molecule has 0 radical (unpaired) electrons. The van der Waals surface area contributed by atoms with Crippen LogP contribution in [0, 0.1) is 5.41 Å². The van der Waals surface area contributed by atoms with Crippen molar-refractivity contribution in [3.8, 4) is 5.75 Å². The zero-order chi connectivity index (χ0) is 10.7. The number of esters is 1. The Labute approximate surface area is 81.6 Å². The number of nitrogens with one attached hydrogen (secondary N) is 1. The molecule has 0 amide bonds. The molecule has 1 aromatic carbocycles. The van der Waals surface area contributed by atoms with E-state index < -0.39 is 5.97 Å². The summed E-state index contributed by atoms with van der Waals surface area (Å²) < 4.78 is 4.49. The molecule has 4 heteroatoms. The average molecular weight is 193 g/mol. The number of carbonyl (C=O) groups excluding carboxylic acids is 1. The van der Waals surface area contributed by atoms with E-state index in [1.165, 1.54) is 25.3 Å². The fourth-order valence-electron chi connectivity index (χ4n) is 1.09. The fraction of sp³-hybridized carbons (Fsp3) is 0.200. The van der Waals surface area contributed by atoms with Gasteiger partial charge in [-0.15, -0.1) is 0 Å². The first-order valence-electron chi connectivity index (χ1n) is 4.03. The third-order valence-electron chi connectivity index (χ3n) is 1.82. The molecule has 0 aromatic heterocycles. The second-order valence-electron chi connectivity index (χ2n) is 2.85. The van der Waals surface area contributed by atoms with Gasteiger partial charge in [-0.2, -0.15) is 0 Å². The van der Waals surface area contributed by atoms with Gasteiger partial charge in [-0.1, -0.05) is 0 Å². The van der Waals surface area contributed by atoms with Gasteiger partial charge in [0.1, 0.15) is 5.75 Å². The van der Waals surface area contributed by atoms with Gasteiger partial charge in [0.05, 0.1) is 12.7 Å². The summed E-state index contributed by atoms with van der Waals surface area (Å²) in [5.41, 5.74) is 0.937. The maximum atomic E-state index is 11.1. The minimum absolute atomic E-state index is 0.0830. The maximum Gasteiger partial charge on any atom is 0.337 e. The lowest BCUT2D eigenvalue weighted by Gasteiger charge is -2.04. The molecular formula is C10H11NO3. The highest BCUT2D eigenvalue weighted by Crippen LogP contribution is 2.19. The van der Waals surface area contributed by atoms with Crippen LogP contribution < -0.4 is 0 Å². The Kier molecular flexibility index (Phi) is 2.86. The van der Waals surface area contributed by atoms with Crippen molar-refractivity contribution in [3.05, 3.63) is 29.3 Å². The predicted octanol–water partition coefficient (Wildman–Crippen LogP) is 1.57. The van der Waals surface area contributed by atoms with Crippen LogP contribution in [-0.2, 0) is 4.74 Å². The summed E-state index contributed by atoms with van der Waals surface area (Å²) in [5, 5.41) is 16.8. The van der Waals surface area contributed by atoms with Gasteiger partial charge in [-0.3, -0.25) is 0 Å². The Morgan fingerprint density at radius 1 is 1.50 bits per heavy atom. The van der Waals surface area contributed by atoms with Gasteiger partial charge < -0.3 is 15.3 Å². The summed E-state index contributed by atoms with van der Waals surface area (Å²) in [7, 11) is 1.27. The van der Waals surface area contributed by atoms with Crippen LogP contribution in [0.4, 0.5) is 0 Å². The quantitative estimate of drug-likeness (QED) is 0.553. The van der Waals surface area contributed by atoms with E-state index in [0.717, 1.165) is 0 Å². The van der Waals surface area contributed by atoms with Gasteiger partial charge >= 0.3 is 5.97 Å². The number of hydrogen-bond acceptors (Lipinski definition) is 4. The first-order chi connectivity index (χ1) is 6.56. The number of methoxy groups -OCH3 is 1. The zero-order valence-electron chi connectivity index (χ0n) is 8.00. The molecule has 1 rings (SSSR count). The lowest BCUT2D eigenvalue weighted by Crippen LogP contribution is -2.02. The molecule has 74 valence electrons. The third-order valence-corrected chi connectivity index (χ3v) is 1.82. The Morgan fingerprint density at radius 3 is 2.57 bits per heavy atom. The number of phenolic OH excluding ortho intramolecular Hbond substituents is 1. The highest BCUT2D eigenvalue weighted by Gasteiger charge is 2.09. The smallest absolute Gasteiger partial charge is 0.337 e. The van der Waals surface area contributed by atoms with Gasteiger partial charge in [-0.05, 0) is 25.1 Å². The van der Waals surface area contributed by atoms with Crippen molar-refractivity contribution in [1.82, 2.24) is 0 Å². The van der Waals surface area contributed by atoms with Crippen molar-refractivity contribution in [2.45, 2.75) is 6.92 Å². The van der Waals surface area contributed by atoms with Crippen LogP contribution in [0.5, 0.6) is 5.75 Å². The van der Waals surface area contributed by atoms with Gasteiger partial charge in [0.2, 0.25) is 0 Å². The van der Waals surface area contributed by atoms with Crippen LogP contribution in [0.1, 0.15) is 22.8 Å². The molecule has 0 aliphatic rings. The summed E-state index contributed by atoms with van der Waals surface area (Å²) in [4.78, 5) is 11.1. The second-order valence-corrected chi connectivity index (χ2v) is 2.85. The first-order valence-corrected chi connectivity index (χ1v) is 4.03. The van der Waals surface area contributed by atoms with Crippen LogP contribution in [0.2, 0.25) is 0 Å². The van der Waals surface area contributed by atoms with Gasteiger partial charge in [-0.25, -0.2) is 4.79 Å². The third kappa shape index (κ3) is 1.90. The lowest BCUT2D eigenvalue weighted by molar-refractivity contribution is 0.0600. The van der Waals surface area contributed by atoms with Crippen molar-refractivity contribution in [2.75, 3.05) is 7.11 Å².